The van der Waals surface area contributed by atoms with Crippen molar-refractivity contribution in [1.82, 2.24) is 5.32 Å². The Bertz CT molecular complexity index is 3730. The van der Waals surface area contributed by atoms with Crippen molar-refractivity contribution in [2.45, 2.75) is 17.6 Å². The van der Waals surface area contributed by atoms with E-state index < -0.39 is 5.41 Å². The highest BCUT2D eigenvalue weighted by molar-refractivity contribution is 6.20. The van der Waals surface area contributed by atoms with E-state index in [0.717, 1.165) is 11.4 Å². The lowest BCUT2D eigenvalue weighted by Gasteiger charge is -2.45. The Balaban J connectivity index is 0.951. The monoisotopic (exact) mass is 867 g/mol. The molecular weight excluding hydrogens is 823 g/mol. The fourth-order valence-corrected chi connectivity index (χ4v) is 12.1. The lowest BCUT2D eigenvalue weighted by Crippen LogP contribution is -2.37. The Labute approximate surface area is 396 Å². The summed E-state index contributed by atoms with van der Waals surface area (Å²) in [4.78, 5) is 2.47. The molecule has 0 amide bonds. The van der Waals surface area contributed by atoms with Crippen molar-refractivity contribution >= 4 is 44.3 Å². The number of nitrogens with zero attached hydrogens (tertiary/aromatic N) is 1. The van der Waals surface area contributed by atoms with Crippen LogP contribution in [0.15, 0.2) is 249 Å². The maximum absolute atomic E-state index is 3.95. The van der Waals surface area contributed by atoms with Gasteiger partial charge in [0.1, 0.15) is 6.17 Å². The third-order valence-electron chi connectivity index (χ3n) is 14.9. The first-order chi connectivity index (χ1) is 33.7. The van der Waals surface area contributed by atoms with E-state index in [1.165, 1.54) is 105 Å². The van der Waals surface area contributed by atoms with Crippen molar-refractivity contribution < 1.29 is 0 Å². The number of hydrogen-bond acceptors (Lipinski definition) is 3. The average molecular weight is 868 g/mol. The molecular formula is C65H45N3. The molecule has 3 heteroatoms. The Kier molecular flexibility index (Phi) is 8.71. The van der Waals surface area contributed by atoms with Gasteiger partial charge in [0, 0.05) is 11.4 Å². The van der Waals surface area contributed by atoms with Gasteiger partial charge < -0.3 is 10.2 Å². The van der Waals surface area contributed by atoms with Crippen molar-refractivity contribution in [3.8, 4) is 33.4 Å². The zero-order chi connectivity index (χ0) is 44.8. The summed E-state index contributed by atoms with van der Waals surface area (Å²) in [6, 6.07) is 92.2. The Hall–Kier alpha value is -8.50. The van der Waals surface area contributed by atoms with Gasteiger partial charge in [-0.05, 0) is 142 Å². The van der Waals surface area contributed by atoms with Crippen molar-refractivity contribution in [3.05, 3.63) is 288 Å². The summed E-state index contributed by atoms with van der Waals surface area (Å²) >= 11 is 0. The van der Waals surface area contributed by atoms with Crippen LogP contribution in [-0.4, -0.2) is 0 Å². The standard InChI is InChI=1S/C65H45N3/c1-3-19-42(20-4-1)63-54-31-11-14-34-58(54)66-64(67-63)47-24-18-23-45(40-47)43-21-17-22-44(39-43)46-37-38-53-57(41-46)65(62-52-30-10-8-28-50(52)49-27-7-9-29-51(49)61(53)62)55-32-12-15-35-59(55)68(48-25-5-2-6-26-48)60-36-16-13-33-56(60)65/h1-41,63-64,66-67H. The Morgan fingerprint density at radius 2 is 0.926 bits per heavy atom. The van der Waals surface area contributed by atoms with Crippen LogP contribution in [0, 0.1) is 0 Å². The molecule has 2 unspecified atom stereocenters. The summed E-state index contributed by atoms with van der Waals surface area (Å²) < 4.78 is 0. The minimum atomic E-state index is -0.620. The molecule has 2 N–H and O–H groups in total. The minimum Gasteiger partial charge on any atom is -0.366 e. The number of nitrogens with one attached hydrogen (secondary N) is 2. The molecule has 0 radical (unpaired) electrons. The van der Waals surface area contributed by atoms with E-state index in [0.29, 0.717) is 0 Å². The fraction of sp³-hybridized carbons (Fsp3) is 0.0462. The lowest BCUT2D eigenvalue weighted by atomic mass is 9.63. The number of hydrogen-bond donors (Lipinski definition) is 2. The SMILES string of the molecule is c1ccc(C2NC(c3cccc(-c4cccc(-c5ccc6c(c5)C5(c7ccccc7N(c7ccccc7)c7ccccc75)c5c-6c6ccccc6c6ccccc56)c4)c3)Nc3ccccc32)cc1. The van der Waals surface area contributed by atoms with E-state index >= 15 is 0 Å². The number of benzene rings is 11. The van der Waals surface area contributed by atoms with Gasteiger partial charge in [0.15, 0.2) is 0 Å². The van der Waals surface area contributed by atoms with Gasteiger partial charge in [-0.1, -0.05) is 200 Å². The first kappa shape index (κ1) is 38.7. The normalized spacial score (nSPS) is 16.1. The first-order valence-corrected chi connectivity index (χ1v) is 23.7. The molecule has 3 nitrogen and oxygen atoms in total. The molecule has 2 aliphatic heterocycles. The molecule has 2 heterocycles. The summed E-state index contributed by atoms with van der Waals surface area (Å²) in [5.74, 6) is 0. The number of fused-ring (bicyclic) bond motifs is 15. The Morgan fingerprint density at radius 1 is 0.382 bits per heavy atom. The zero-order valence-corrected chi connectivity index (χ0v) is 37.3. The molecule has 0 bridgehead atoms. The van der Waals surface area contributed by atoms with Crippen molar-refractivity contribution in [2.75, 3.05) is 10.2 Å². The van der Waals surface area contributed by atoms with Crippen LogP contribution >= 0.6 is 0 Å². The van der Waals surface area contributed by atoms with Crippen molar-refractivity contribution in [2.24, 2.45) is 0 Å². The van der Waals surface area contributed by atoms with Gasteiger partial charge in [-0.15, -0.1) is 0 Å². The van der Waals surface area contributed by atoms with Crippen LogP contribution in [0.1, 0.15) is 51.2 Å². The molecule has 1 spiro atoms. The van der Waals surface area contributed by atoms with Gasteiger partial charge in [-0.2, -0.15) is 0 Å². The van der Waals surface area contributed by atoms with Crippen LogP contribution < -0.4 is 15.5 Å². The quantitative estimate of drug-likeness (QED) is 0.169. The highest BCUT2D eigenvalue weighted by Gasteiger charge is 2.53. The van der Waals surface area contributed by atoms with E-state index in [-0.39, 0.29) is 12.2 Å². The predicted octanol–water partition coefficient (Wildman–Crippen LogP) is 16.3. The van der Waals surface area contributed by atoms with E-state index in [9.17, 15) is 0 Å². The van der Waals surface area contributed by atoms with Gasteiger partial charge in [-0.25, -0.2) is 0 Å². The lowest BCUT2D eigenvalue weighted by molar-refractivity contribution is 0.506. The zero-order valence-electron chi connectivity index (χ0n) is 37.3. The smallest absolute Gasteiger partial charge is 0.104 e. The van der Waals surface area contributed by atoms with Gasteiger partial charge in [0.25, 0.3) is 0 Å². The molecule has 0 saturated heterocycles. The number of para-hydroxylation sites is 4. The molecule has 2 atom stereocenters. The van der Waals surface area contributed by atoms with Crippen LogP contribution in [0.2, 0.25) is 0 Å². The average Bonchev–Trinajstić information content (AvgIpc) is 3.72. The highest BCUT2D eigenvalue weighted by atomic mass is 15.2. The van der Waals surface area contributed by atoms with Crippen molar-refractivity contribution in [3.63, 3.8) is 0 Å². The van der Waals surface area contributed by atoms with Crippen LogP contribution in [0.5, 0.6) is 0 Å². The Morgan fingerprint density at radius 3 is 1.66 bits per heavy atom. The molecule has 320 valence electrons. The van der Waals surface area contributed by atoms with Gasteiger partial charge in [-0.3, -0.25) is 5.32 Å². The van der Waals surface area contributed by atoms with E-state index in [2.05, 4.69) is 264 Å². The molecule has 3 aliphatic rings. The molecule has 68 heavy (non-hydrogen) atoms. The summed E-state index contributed by atoms with van der Waals surface area (Å²) in [5.41, 5.74) is 20.4. The van der Waals surface area contributed by atoms with Crippen LogP contribution in [0.4, 0.5) is 22.7 Å². The van der Waals surface area contributed by atoms with Crippen LogP contribution in [0.25, 0.3) is 54.9 Å². The predicted molar refractivity (Wildman–Crippen MR) is 282 cm³/mol. The minimum absolute atomic E-state index is 0.0698. The largest absolute Gasteiger partial charge is 0.366 e. The van der Waals surface area contributed by atoms with E-state index in [1.54, 1.807) is 0 Å². The third-order valence-corrected chi connectivity index (χ3v) is 14.9. The molecule has 1 aliphatic carbocycles. The third kappa shape index (κ3) is 5.70. The number of rotatable bonds is 5. The summed E-state index contributed by atoms with van der Waals surface area (Å²) in [6.07, 6.45) is -0.0704. The number of anilines is 4. The van der Waals surface area contributed by atoms with Crippen LogP contribution in [0.3, 0.4) is 0 Å². The second-order valence-corrected chi connectivity index (χ2v) is 18.4. The summed E-state index contributed by atoms with van der Waals surface area (Å²) in [7, 11) is 0. The summed E-state index contributed by atoms with van der Waals surface area (Å²) in [5, 5.41) is 12.9. The summed E-state index contributed by atoms with van der Waals surface area (Å²) in [6.45, 7) is 0. The van der Waals surface area contributed by atoms with Crippen LogP contribution in [-0.2, 0) is 5.41 Å². The van der Waals surface area contributed by atoms with E-state index in [4.69, 9.17) is 0 Å². The first-order valence-electron chi connectivity index (χ1n) is 23.7. The molecule has 14 rings (SSSR count). The maximum Gasteiger partial charge on any atom is 0.104 e. The molecule has 0 aromatic heterocycles. The topological polar surface area (TPSA) is 27.3 Å². The fourth-order valence-electron chi connectivity index (χ4n) is 12.1. The molecule has 0 fully saturated rings. The van der Waals surface area contributed by atoms with E-state index in [1.807, 2.05) is 0 Å². The molecule has 0 saturated carbocycles. The maximum atomic E-state index is 3.95. The second kappa shape index (κ2) is 15.3. The highest BCUT2D eigenvalue weighted by Crippen LogP contribution is 2.66. The van der Waals surface area contributed by atoms with Gasteiger partial charge in [0.2, 0.25) is 0 Å². The van der Waals surface area contributed by atoms with Crippen molar-refractivity contribution in [1.29, 1.82) is 0 Å². The second-order valence-electron chi connectivity index (χ2n) is 18.4. The molecule has 11 aromatic carbocycles. The van der Waals surface area contributed by atoms with Gasteiger partial charge in [0.05, 0.1) is 22.8 Å². The molecule has 11 aromatic rings. The van der Waals surface area contributed by atoms with Gasteiger partial charge >= 0.3 is 0 Å².